The summed E-state index contributed by atoms with van der Waals surface area (Å²) in [6.07, 6.45) is 2.08. The smallest absolute Gasteiger partial charge is 0.336 e. The standard InChI is InChI=1S/C7H14O4/c1-2-3-4-5-6(11-10)7(8)9/h6,10H,2-5H2,1H3,(H,8,9). The van der Waals surface area contributed by atoms with Gasteiger partial charge in [-0.15, -0.1) is 0 Å². The summed E-state index contributed by atoms with van der Waals surface area (Å²) in [4.78, 5) is 14.0. The number of rotatable bonds is 6. The molecule has 0 aliphatic heterocycles. The molecule has 1 atom stereocenters. The first kappa shape index (κ1) is 10.4. The Kier molecular flexibility index (Phi) is 5.78. The highest BCUT2D eigenvalue weighted by molar-refractivity contribution is 5.72. The number of aliphatic carboxylic acids is 1. The van der Waals surface area contributed by atoms with Crippen LogP contribution >= 0.6 is 0 Å². The van der Waals surface area contributed by atoms with Gasteiger partial charge >= 0.3 is 5.97 Å². The third-order valence-electron chi connectivity index (χ3n) is 1.47. The van der Waals surface area contributed by atoms with Gasteiger partial charge in [-0.3, -0.25) is 5.26 Å². The predicted octanol–water partition coefficient (Wildman–Crippen LogP) is 1.51. The summed E-state index contributed by atoms with van der Waals surface area (Å²) in [6, 6.07) is 0. The second-order valence-corrected chi connectivity index (χ2v) is 2.43. The van der Waals surface area contributed by atoms with Crippen molar-refractivity contribution in [3.05, 3.63) is 0 Å². The van der Waals surface area contributed by atoms with Gasteiger partial charge in [-0.25, -0.2) is 9.68 Å². The molecule has 0 aliphatic rings. The predicted molar refractivity (Wildman–Crippen MR) is 39.3 cm³/mol. The summed E-state index contributed by atoms with van der Waals surface area (Å²) in [7, 11) is 0. The highest BCUT2D eigenvalue weighted by Crippen LogP contribution is 2.05. The Balaban J connectivity index is 3.44. The van der Waals surface area contributed by atoms with Gasteiger partial charge in [0.2, 0.25) is 0 Å². The molecule has 0 saturated heterocycles. The number of carboxylic acids is 1. The van der Waals surface area contributed by atoms with Crippen molar-refractivity contribution in [3.8, 4) is 0 Å². The van der Waals surface area contributed by atoms with E-state index in [9.17, 15) is 4.79 Å². The van der Waals surface area contributed by atoms with Crippen LogP contribution in [0.2, 0.25) is 0 Å². The van der Waals surface area contributed by atoms with Gasteiger partial charge in [0, 0.05) is 0 Å². The molecule has 0 aromatic heterocycles. The van der Waals surface area contributed by atoms with E-state index in [0.29, 0.717) is 6.42 Å². The van der Waals surface area contributed by atoms with Crippen LogP contribution in [-0.2, 0) is 9.68 Å². The van der Waals surface area contributed by atoms with Crippen LogP contribution in [-0.4, -0.2) is 22.4 Å². The van der Waals surface area contributed by atoms with Crippen molar-refractivity contribution < 1.29 is 20.0 Å². The van der Waals surface area contributed by atoms with Crippen LogP contribution in [0.25, 0.3) is 0 Å². The molecule has 11 heavy (non-hydrogen) atoms. The van der Waals surface area contributed by atoms with Crippen molar-refractivity contribution in [2.24, 2.45) is 0 Å². The van der Waals surface area contributed by atoms with E-state index in [4.69, 9.17) is 10.4 Å². The van der Waals surface area contributed by atoms with E-state index < -0.39 is 12.1 Å². The van der Waals surface area contributed by atoms with Crippen molar-refractivity contribution in [3.63, 3.8) is 0 Å². The van der Waals surface area contributed by atoms with E-state index in [1.54, 1.807) is 0 Å². The van der Waals surface area contributed by atoms with Crippen molar-refractivity contribution in [1.82, 2.24) is 0 Å². The van der Waals surface area contributed by atoms with Crippen molar-refractivity contribution >= 4 is 5.97 Å². The fourth-order valence-electron chi connectivity index (χ4n) is 0.801. The normalized spacial score (nSPS) is 12.9. The van der Waals surface area contributed by atoms with Gasteiger partial charge in [-0.2, -0.15) is 0 Å². The zero-order chi connectivity index (χ0) is 8.69. The lowest BCUT2D eigenvalue weighted by atomic mass is 10.1. The Morgan fingerprint density at radius 1 is 1.55 bits per heavy atom. The third-order valence-corrected chi connectivity index (χ3v) is 1.47. The van der Waals surface area contributed by atoms with Gasteiger partial charge in [0.25, 0.3) is 0 Å². The highest BCUT2D eigenvalue weighted by Gasteiger charge is 2.16. The van der Waals surface area contributed by atoms with E-state index in [2.05, 4.69) is 4.89 Å². The van der Waals surface area contributed by atoms with Gasteiger partial charge in [-0.1, -0.05) is 26.2 Å². The summed E-state index contributed by atoms with van der Waals surface area (Å²) in [5.41, 5.74) is 0. The Hall–Kier alpha value is -0.610. The van der Waals surface area contributed by atoms with E-state index in [1.165, 1.54) is 0 Å². The van der Waals surface area contributed by atoms with E-state index >= 15 is 0 Å². The maximum absolute atomic E-state index is 10.2. The average molecular weight is 162 g/mol. The third kappa shape index (κ3) is 4.75. The number of carboxylic acid groups (broad SMARTS) is 1. The fraction of sp³-hybridized carbons (Fsp3) is 0.857. The first-order valence-corrected chi connectivity index (χ1v) is 3.75. The number of hydrogen-bond acceptors (Lipinski definition) is 3. The van der Waals surface area contributed by atoms with Gasteiger partial charge in [0.1, 0.15) is 0 Å². The first-order valence-electron chi connectivity index (χ1n) is 3.75. The molecular formula is C7H14O4. The SMILES string of the molecule is CCCCCC(OO)C(=O)O. The molecule has 0 aliphatic carbocycles. The highest BCUT2D eigenvalue weighted by atomic mass is 17.1. The van der Waals surface area contributed by atoms with E-state index in [1.807, 2.05) is 6.92 Å². The fourth-order valence-corrected chi connectivity index (χ4v) is 0.801. The molecule has 0 heterocycles. The molecular weight excluding hydrogens is 148 g/mol. The average Bonchev–Trinajstić information content (AvgIpc) is 1.97. The molecule has 2 N–H and O–H groups in total. The minimum absolute atomic E-state index is 0.375. The molecule has 66 valence electrons. The second-order valence-electron chi connectivity index (χ2n) is 2.43. The minimum Gasteiger partial charge on any atom is -0.479 e. The summed E-state index contributed by atoms with van der Waals surface area (Å²) >= 11 is 0. The lowest BCUT2D eigenvalue weighted by molar-refractivity contribution is -0.277. The maximum Gasteiger partial charge on any atom is 0.336 e. The quantitative estimate of drug-likeness (QED) is 0.353. The van der Waals surface area contributed by atoms with Crippen LogP contribution < -0.4 is 0 Å². The molecule has 4 nitrogen and oxygen atoms in total. The Labute approximate surface area is 65.7 Å². The van der Waals surface area contributed by atoms with Crippen LogP contribution in [0, 0.1) is 0 Å². The molecule has 0 bridgehead atoms. The van der Waals surface area contributed by atoms with Gasteiger partial charge in [-0.05, 0) is 6.42 Å². The van der Waals surface area contributed by atoms with Crippen molar-refractivity contribution in [2.45, 2.75) is 38.7 Å². The molecule has 0 amide bonds. The largest absolute Gasteiger partial charge is 0.479 e. The van der Waals surface area contributed by atoms with Crippen LogP contribution in [0.5, 0.6) is 0 Å². The number of hydrogen-bond donors (Lipinski definition) is 2. The summed E-state index contributed by atoms with van der Waals surface area (Å²) in [5, 5.41) is 16.5. The zero-order valence-electron chi connectivity index (χ0n) is 6.62. The van der Waals surface area contributed by atoms with E-state index in [0.717, 1.165) is 19.3 Å². The molecule has 1 unspecified atom stereocenters. The van der Waals surface area contributed by atoms with Gasteiger partial charge in [0.05, 0.1) is 0 Å². The lowest BCUT2D eigenvalue weighted by Crippen LogP contribution is -2.22. The summed E-state index contributed by atoms with van der Waals surface area (Å²) in [6.45, 7) is 2.02. The zero-order valence-corrected chi connectivity index (χ0v) is 6.62. The molecule has 0 fully saturated rings. The Morgan fingerprint density at radius 2 is 2.18 bits per heavy atom. The van der Waals surface area contributed by atoms with Crippen molar-refractivity contribution in [2.75, 3.05) is 0 Å². The van der Waals surface area contributed by atoms with Crippen LogP contribution in [0.4, 0.5) is 0 Å². The number of unbranched alkanes of at least 4 members (excludes halogenated alkanes) is 2. The second kappa shape index (κ2) is 6.12. The summed E-state index contributed by atoms with van der Waals surface area (Å²) in [5.74, 6) is -1.11. The monoisotopic (exact) mass is 162 g/mol. The summed E-state index contributed by atoms with van der Waals surface area (Å²) < 4.78 is 0. The molecule has 0 aromatic carbocycles. The van der Waals surface area contributed by atoms with E-state index in [-0.39, 0.29) is 0 Å². The maximum atomic E-state index is 10.2. The van der Waals surface area contributed by atoms with Gasteiger partial charge < -0.3 is 5.11 Å². The van der Waals surface area contributed by atoms with Crippen LogP contribution in [0.1, 0.15) is 32.6 Å². The molecule has 4 heteroatoms. The number of carbonyl (C=O) groups is 1. The Morgan fingerprint density at radius 3 is 2.55 bits per heavy atom. The Bertz CT molecular complexity index is 113. The van der Waals surface area contributed by atoms with Gasteiger partial charge in [0.15, 0.2) is 6.10 Å². The molecule has 0 rings (SSSR count). The lowest BCUT2D eigenvalue weighted by Gasteiger charge is -2.06. The van der Waals surface area contributed by atoms with Crippen molar-refractivity contribution in [1.29, 1.82) is 0 Å². The topological polar surface area (TPSA) is 66.8 Å². The minimum atomic E-state index is -1.11. The first-order chi connectivity index (χ1) is 5.22. The van der Waals surface area contributed by atoms with Crippen LogP contribution in [0.15, 0.2) is 0 Å². The molecule has 0 radical (unpaired) electrons. The molecule has 0 spiro atoms. The molecule has 0 saturated carbocycles. The molecule has 0 aromatic rings. The van der Waals surface area contributed by atoms with Crippen LogP contribution in [0.3, 0.4) is 0 Å².